The monoisotopic (exact) mass is 1080 g/mol. The van der Waals surface area contributed by atoms with Gasteiger partial charge in [-0.1, -0.05) is 64.4 Å². The van der Waals surface area contributed by atoms with Crippen LogP contribution < -0.4 is 54.4 Å². The maximum atomic E-state index is 14.4. The number of rotatable bonds is 36. The molecule has 1 aromatic carbocycles. The van der Waals surface area contributed by atoms with Gasteiger partial charge in [-0.3, -0.25) is 47.9 Å². The molecular weight excluding hydrogens is 995 g/mol. The van der Waals surface area contributed by atoms with Crippen molar-refractivity contribution in [2.75, 3.05) is 26.2 Å². The molecule has 1 aliphatic heterocycles. The quantitative estimate of drug-likeness (QED) is 0.0315. The number of benzene rings is 1. The summed E-state index contributed by atoms with van der Waals surface area (Å²) in [7, 11) is 0. The lowest BCUT2D eigenvalue weighted by atomic mass is 9.96. The molecule has 1 saturated heterocycles. The van der Waals surface area contributed by atoms with Crippen molar-refractivity contribution in [3.8, 4) is 0 Å². The molecule has 76 heavy (non-hydrogen) atoms. The highest BCUT2D eigenvalue weighted by Crippen LogP contribution is 2.21. The van der Waals surface area contributed by atoms with E-state index >= 15 is 0 Å². The van der Waals surface area contributed by atoms with E-state index in [1.54, 1.807) is 37.3 Å². The standard InChI is InChI=1S/C50H81N11O15/c1-5-29(4)41(60-42(67)31(53)24-28(2)3)48(73)57-35(25-30-14-7-6-8-15-30)46(71)58-36(26-40(65)66)49(74)61-23-13-18-38(61)47(72)56-33(17-10-12-22-52)44(69)54-32(16-9-11-21-51)43(68)55-34(19-20-39(63)64)45(70)59-37(27-62)50(75)76/h6-8,14-15,28-29,31-38,41,62H,5,9-13,16-27,51-53H2,1-4H3,(H,54,69)(H,55,68)(H,56,72)(H,57,73)(H,58,71)(H,59,70)(H,60,67)(H,63,64)(H,65,66)(H,75,76)/t29-,31-,32-,33-,34-,35-,36-,37-,38-,41-/m0/s1. The molecule has 0 aliphatic carbocycles. The Hall–Kier alpha value is -6.77. The zero-order valence-corrected chi connectivity index (χ0v) is 43.9. The molecule has 2 rings (SSSR count). The molecule has 0 bridgehead atoms. The van der Waals surface area contributed by atoms with Crippen molar-refractivity contribution >= 4 is 65.2 Å². The van der Waals surface area contributed by atoms with E-state index in [-0.39, 0.29) is 64.1 Å². The van der Waals surface area contributed by atoms with E-state index in [1.807, 2.05) is 26.1 Å². The van der Waals surface area contributed by atoms with Crippen LogP contribution in [0.15, 0.2) is 30.3 Å². The molecule has 1 heterocycles. The number of hydrogen-bond acceptors (Lipinski definition) is 15. The lowest BCUT2D eigenvalue weighted by Gasteiger charge is -2.31. The maximum Gasteiger partial charge on any atom is 0.328 e. The molecule has 1 aromatic rings. The summed E-state index contributed by atoms with van der Waals surface area (Å²) < 4.78 is 0. The number of carboxylic acids is 3. The third-order valence-electron chi connectivity index (χ3n) is 12.8. The van der Waals surface area contributed by atoms with Crippen molar-refractivity contribution < 1.29 is 73.2 Å². The van der Waals surface area contributed by atoms with Crippen LogP contribution in [0, 0.1) is 11.8 Å². The van der Waals surface area contributed by atoms with Crippen LogP contribution in [0.1, 0.15) is 117 Å². The molecule has 0 saturated carbocycles. The summed E-state index contributed by atoms with van der Waals surface area (Å²) in [6.45, 7) is 6.67. The van der Waals surface area contributed by atoms with Crippen LogP contribution in [-0.4, -0.2) is 171 Å². The molecule has 10 atom stereocenters. The fourth-order valence-electron chi connectivity index (χ4n) is 8.38. The first-order chi connectivity index (χ1) is 36.0. The Morgan fingerprint density at radius 2 is 1.14 bits per heavy atom. The van der Waals surface area contributed by atoms with E-state index in [0.717, 1.165) is 4.90 Å². The Kier molecular flexibility index (Phi) is 29.2. The van der Waals surface area contributed by atoms with E-state index in [9.17, 15) is 73.2 Å². The fraction of sp³-hybridized carbons (Fsp3) is 0.660. The average Bonchev–Trinajstić information content (AvgIpc) is 3.87. The van der Waals surface area contributed by atoms with Gasteiger partial charge in [-0.25, -0.2) is 4.79 Å². The molecule has 0 radical (unpaired) electrons. The van der Waals surface area contributed by atoms with Crippen LogP contribution >= 0.6 is 0 Å². The minimum Gasteiger partial charge on any atom is -0.481 e. The SMILES string of the molecule is CC[C@H](C)[C@H](NC(=O)[C@@H](N)CC(C)C)C(=O)N[C@@H](Cc1ccccc1)C(=O)N[C@@H](CC(=O)O)C(=O)N1CCC[C@H]1C(=O)N[C@@H](CCCCN)C(=O)N[C@@H](CCCCN)C(=O)N[C@@H](CCC(=O)O)C(=O)N[C@@H](CO)C(=O)O. The van der Waals surface area contributed by atoms with Gasteiger partial charge in [0.05, 0.1) is 19.1 Å². The topological polar surface area (TPSA) is 434 Å². The van der Waals surface area contributed by atoms with Crippen LogP contribution in [0.5, 0.6) is 0 Å². The molecule has 1 aliphatic rings. The van der Waals surface area contributed by atoms with Gasteiger partial charge in [-0.15, -0.1) is 0 Å². The second-order valence-electron chi connectivity index (χ2n) is 19.5. The summed E-state index contributed by atoms with van der Waals surface area (Å²) in [5, 5.41) is 55.6. The Morgan fingerprint density at radius 3 is 1.64 bits per heavy atom. The Bertz CT molecular complexity index is 2120. The highest BCUT2D eigenvalue weighted by molar-refractivity contribution is 5.99. The zero-order chi connectivity index (χ0) is 57.1. The number of amides is 8. The van der Waals surface area contributed by atoms with Gasteiger partial charge in [-0.05, 0) is 94.7 Å². The van der Waals surface area contributed by atoms with Gasteiger partial charge >= 0.3 is 17.9 Å². The lowest BCUT2D eigenvalue weighted by molar-refractivity contribution is -0.146. The number of nitrogens with two attached hydrogens (primary N) is 3. The molecule has 8 amide bonds. The molecule has 426 valence electrons. The first kappa shape index (κ1) is 65.3. The Morgan fingerprint density at radius 1 is 0.632 bits per heavy atom. The summed E-state index contributed by atoms with van der Waals surface area (Å²) in [5.74, 6) is -11.7. The van der Waals surface area contributed by atoms with E-state index < -0.39 is 151 Å². The molecule has 26 heteroatoms. The largest absolute Gasteiger partial charge is 0.481 e. The van der Waals surface area contributed by atoms with Gasteiger partial charge in [0, 0.05) is 19.4 Å². The predicted molar refractivity (Wildman–Crippen MR) is 275 cm³/mol. The van der Waals surface area contributed by atoms with Crippen LogP contribution in [0.3, 0.4) is 0 Å². The molecule has 26 nitrogen and oxygen atoms in total. The normalized spacial score (nSPS) is 16.8. The molecule has 0 spiro atoms. The minimum atomic E-state index is -1.78. The third kappa shape index (κ3) is 22.6. The number of aliphatic hydroxyl groups excluding tert-OH is 1. The van der Waals surface area contributed by atoms with E-state index in [1.165, 1.54) is 0 Å². The van der Waals surface area contributed by atoms with Crippen molar-refractivity contribution in [3.63, 3.8) is 0 Å². The van der Waals surface area contributed by atoms with E-state index in [4.69, 9.17) is 17.2 Å². The van der Waals surface area contributed by atoms with Gasteiger partial charge in [0.2, 0.25) is 47.3 Å². The molecular formula is C50H81N11O15. The smallest absolute Gasteiger partial charge is 0.328 e. The minimum absolute atomic E-state index is 0.0213. The van der Waals surface area contributed by atoms with Crippen molar-refractivity contribution in [2.45, 2.75) is 172 Å². The second kappa shape index (κ2) is 34.0. The first-order valence-corrected chi connectivity index (χ1v) is 25.9. The number of carbonyl (C=O) groups excluding carboxylic acids is 8. The lowest BCUT2D eigenvalue weighted by Crippen LogP contribution is -2.61. The van der Waals surface area contributed by atoms with Crippen molar-refractivity contribution in [1.29, 1.82) is 0 Å². The van der Waals surface area contributed by atoms with Crippen LogP contribution in [-0.2, 0) is 59.2 Å². The number of aliphatic hydroxyl groups is 1. The molecule has 17 N–H and O–H groups in total. The number of nitrogens with one attached hydrogen (secondary N) is 7. The van der Waals surface area contributed by atoms with Gasteiger partial charge in [-0.2, -0.15) is 0 Å². The number of likely N-dealkylation sites (tertiary alicyclic amines) is 1. The number of hydrogen-bond donors (Lipinski definition) is 14. The van der Waals surface area contributed by atoms with Crippen LogP contribution in [0.4, 0.5) is 0 Å². The second-order valence-corrected chi connectivity index (χ2v) is 19.5. The molecule has 0 aromatic heterocycles. The Balaban J connectivity index is 2.45. The summed E-state index contributed by atoms with van der Waals surface area (Å²) in [6.07, 6.45) is 0.202. The van der Waals surface area contributed by atoms with E-state index in [0.29, 0.717) is 37.7 Å². The number of aliphatic carboxylic acids is 3. The molecule has 1 fully saturated rings. The third-order valence-corrected chi connectivity index (χ3v) is 12.8. The number of unbranched alkanes of at least 4 members (excludes halogenated alkanes) is 2. The number of nitrogens with zero attached hydrogens (tertiary/aromatic N) is 1. The van der Waals surface area contributed by atoms with Crippen LogP contribution in [0.25, 0.3) is 0 Å². The van der Waals surface area contributed by atoms with Crippen molar-refractivity contribution in [3.05, 3.63) is 35.9 Å². The summed E-state index contributed by atoms with van der Waals surface area (Å²) in [4.78, 5) is 147. The summed E-state index contributed by atoms with van der Waals surface area (Å²) >= 11 is 0. The summed E-state index contributed by atoms with van der Waals surface area (Å²) in [5.41, 5.74) is 18.1. The average molecular weight is 1080 g/mol. The zero-order valence-electron chi connectivity index (χ0n) is 43.9. The van der Waals surface area contributed by atoms with Gasteiger partial charge in [0.1, 0.15) is 48.3 Å². The van der Waals surface area contributed by atoms with Gasteiger partial charge in [0.25, 0.3) is 0 Å². The predicted octanol–water partition coefficient (Wildman–Crippen LogP) is -2.29. The van der Waals surface area contributed by atoms with Crippen molar-refractivity contribution in [2.24, 2.45) is 29.0 Å². The van der Waals surface area contributed by atoms with Crippen molar-refractivity contribution in [1.82, 2.24) is 42.1 Å². The highest BCUT2D eigenvalue weighted by atomic mass is 16.4. The van der Waals surface area contributed by atoms with Gasteiger partial charge < -0.3 is 79.7 Å². The molecule has 0 unspecified atom stereocenters. The van der Waals surface area contributed by atoms with Crippen LogP contribution in [0.2, 0.25) is 0 Å². The summed E-state index contributed by atoms with van der Waals surface area (Å²) in [6, 6.07) is -4.12. The van der Waals surface area contributed by atoms with Gasteiger partial charge in [0.15, 0.2) is 0 Å². The maximum absolute atomic E-state index is 14.4. The fourth-order valence-corrected chi connectivity index (χ4v) is 8.38. The number of carboxylic acid groups (broad SMARTS) is 3. The first-order valence-electron chi connectivity index (χ1n) is 25.9. The highest BCUT2D eigenvalue weighted by Gasteiger charge is 2.41. The number of carbonyl (C=O) groups is 11. The Labute approximate surface area is 442 Å². The van der Waals surface area contributed by atoms with E-state index in [2.05, 4.69) is 31.9 Å².